The van der Waals surface area contributed by atoms with Crippen molar-refractivity contribution in [2.75, 3.05) is 6.61 Å². The zero-order valence-corrected chi connectivity index (χ0v) is 13.6. The summed E-state index contributed by atoms with van der Waals surface area (Å²) < 4.78 is 44.2. The highest BCUT2D eigenvalue weighted by Gasteiger charge is 2.27. The summed E-state index contributed by atoms with van der Waals surface area (Å²) in [5.41, 5.74) is 2.72. The van der Waals surface area contributed by atoms with E-state index in [1.807, 2.05) is 0 Å². The van der Waals surface area contributed by atoms with E-state index in [0.717, 1.165) is 10.9 Å². The molecule has 0 aliphatic rings. The Kier molecular flexibility index (Phi) is 3.83. The van der Waals surface area contributed by atoms with Gasteiger partial charge in [-0.2, -0.15) is 18.3 Å². The largest absolute Gasteiger partial charge is 0.411 e. The van der Waals surface area contributed by atoms with Gasteiger partial charge in [0.2, 0.25) is 0 Å². The number of fused-ring (bicyclic) bond motifs is 3. The Morgan fingerprint density at radius 3 is 2.62 bits per heavy atom. The van der Waals surface area contributed by atoms with Crippen LogP contribution in [0.15, 0.2) is 36.8 Å². The van der Waals surface area contributed by atoms with Gasteiger partial charge in [0.05, 0.1) is 18.2 Å². The number of aryl methyl sites for hydroxylation is 1. The van der Waals surface area contributed by atoms with Crippen LogP contribution in [0.4, 0.5) is 13.2 Å². The fourth-order valence-electron chi connectivity index (χ4n) is 2.60. The van der Waals surface area contributed by atoms with Crippen LogP contribution in [0.2, 0.25) is 0 Å². The average molecular weight is 362 g/mol. The molecule has 0 N–H and O–H groups in total. The highest BCUT2D eigenvalue weighted by molar-refractivity contribution is 5.88. The van der Waals surface area contributed by atoms with Gasteiger partial charge in [-0.05, 0) is 5.56 Å². The zero-order valence-electron chi connectivity index (χ0n) is 13.6. The Morgan fingerprint density at radius 1 is 1.12 bits per heavy atom. The number of benzene rings is 1. The van der Waals surface area contributed by atoms with Gasteiger partial charge in [0.15, 0.2) is 17.1 Å². The summed E-state index contributed by atoms with van der Waals surface area (Å²) in [4.78, 5) is 8.82. The summed E-state index contributed by atoms with van der Waals surface area (Å²) in [5.74, 6) is 0.492. The topological polar surface area (TPSA) is 70.1 Å². The molecule has 26 heavy (non-hydrogen) atoms. The molecule has 0 spiro atoms. The van der Waals surface area contributed by atoms with E-state index in [9.17, 15) is 13.2 Å². The molecule has 4 rings (SSSR count). The van der Waals surface area contributed by atoms with Crippen molar-refractivity contribution in [1.29, 1.82) is 0 Å². The van der Waals surface area contributed by atoms with Crippen molar-refractivity contribution in [3.8, 4) is 11.4 Å². The molecular formula is C16H13F3N6O. The lowest BCUT2D eigenvalue weighted by molar-refractivity contribution is -0.176. The Morgan fingerprint density at radius 2 is 1.88 bits per heavy atom. The third kappa shape index (κ3) is 3.10. The average Bonchev–Trinajstić information content (AvgIpc) is 3.18. The SMILES string of the molecule is Cn1ncc2c1ncn1nc(-c3ccc(COCC(F)(F)F)cc3)nc21. The van der Waals surface area contributed by atoms with Crippen LogP contribution in [0.3, 0.4) is 0 Å². The Balaban J connectivity index is 1.58. The second kappa shape index (κ2) is 6.06. The van der Waals surface area contributed by atoms with E-state index in [2.05, 4.69) is 24.9 Å². The molecular weight excluding hydrogens is 349 g/mol. The standard InChI is InChI=1S/C16H13F3N6O/c1-24-14-12(6-21-24)15-22-13(23-25(15)9-20-14)11-4-2-10(3-5-11)7-26-8-16(17,18)19/h2-6,9H,7-8H2,1H3. The third-order valence-electron chi connectivity index (χ3n) is 3.82. The van der Waals surface area contributed by atoms with E-state index in [4.69, 9.17) is 0 Å². The molecule has 3 heterocycles. The summed E-state index contributed by atoms with van der Waals surface area (Å²) in [7, 11) is 1.79. The van der Waals surface area contributed by atoms with Gasteiger partial charge < -0.3 is 4.74 Å². The lowest BCUT2D eigenvalue weighted by Gasteiger charge is -2.07. The van der Waals surface area contributed by atoms with Gasteiger partial charge in [0.1, 0.15) is 12.9 Å². The molecule has 0 saturated heterocycles. The van der Waals surface area contributed by atoms with Crippen molar-refractivity contribution in [3.05, 3.63) is 42.4 Å². The number of rotatable bonds is 4. The third-order valence-corrected chi connectivity index (χ3v) is 3.82. The second-order valence-corrected chi connectivity index (χ2v) is 5.76. The van der Waals surface area contributed by atoms with Crippen molar-refractivity contribution in [2.24, 2.45) is 7.05 Å². The van der Waals surface area contributed by atoms with Crippen LogP contribution in [0.25, 0.3) is 28.1 Å². The minimum atomic E-state index is -4.33. The predicted molar refractivity (Wildman–Crippen MR) is 86.2 cm³/mol. The van der Waals surface area contributed by atoms with Crippen molar-refractivity contribution < 1.29 is 17.9 Å². The Hall–Kier alpha value is -3.01. The molecule has 134 valence electrons. The fourth-order valence-corrected chi connectivity index (χ4v) is 2.60. The van der Waals surface area contributed by atoms with E-state index in [0.29, 0.717) is 22.7 Å². The first-order valence-corrected chi connectivity index (χ1v) is 7.67. The molecule has 0 aliphatic carbocycles. The van der Waals surface area contributed by atoms with Gasteiger partial charge in [-0.1, -0.05) is 24.3 Å². The van der Waals surface area contributed by atoms with Crippen LogP contribution < -0.4 is 0 Å². The fraction of sp³-hybridized carbons (Fsp3) is 0.250. The molecule has 0 bridgehead atoms. The smallest absolute Gasteiger partial charge is 0.367 e. The van der Waals surface area contributed by atoms with Crippen molar-refractivity contribution in [2.45, 2.75) is 12.8 Å². The van der Waals surface area contributed by atoms with Crippen LogP contribution in [0.5, 0.6) is 0 Å². The van der Waals surface area contributed by atoms with Gasteiger partial charge in [0, 0.05) is 12.6 Å². The quantitative estimate of drug-likeness (QED) is 0.558. The van der Waals surface area contributed by atoms with E-state index in [1.165, 1.54) is 0 Å². The van der Waals surface area contributed by atoms with Gasteiger partial charge in [-0.15, -0.1) is 5.10 Å². The number of ether oxygens (including phenoxy) is 1. The Labute approximate surface area is 145 Å². The molecule has 0 amide bonds. The summed E-state index contributed by atoms with van der Waals surface area (Å²) in [6, 6.07) is 6.87. The van der Waals surface area contributed by atoms with Crippen LogP contribution in [-0.2, 0) is 18.4 Å². The normalized spacial score (nSPS) is 12.3. The molecule has 0 saturated carbocycles. The number of halogens is 3. The summed E-state index contributed by atoms with van der Waals surface area (Å²) in [6.07, 6.45) is -1.08. The van der Waals surface area contributed by atoms with Crippen LogP contribution in [0, 0.1) is 0 Å². The van der Waals surface area contributed by atoms with Gasteiger partial charge >= 0.3 is 6.18 Å². The van der Waals surface area contributed by atoms with E-state index in [-0.39, 0.29) is 6.61 Å². The summed E-state index contributed by atoms with van der Waals surface area (Å²) in [6.45, 7) is -1.38. The van der Waals surface area contributed by atoms with Gasteiger partial charge in [-0.3, -0.25) is 4.68 Å². The first-order valence-electron chi connectivity index (χ1n) is 7.67. The van der Waals surface area contributed by atoms with Gasteiger partial charge in [0.25, 0.3) is 0 Å². The van der Waals surface area contributed by atoms with Crippen molar-refractivity contribution in [3.63, 3.8) is 0 Å². The van der Waals surface area contributed by atoms with Crippen LogP contribution in [-0.4, -0.2) is 42.1 Å². The van der Waals surface area contributed by atoms with Crippen LogP contribution >= 0.6 is 0 Å². The molecule has 4 aromatic rings. The van der Waals surface area contributed by atoms with E-state index < -0.39 is 12.8 Å². The minimum absolute atomic E-state index is 0.112. The first kappa shape index (κ1) is 16.5. The molecule has 0 radical (unpaired) electrons. The van der Waals surface area contributed by atoms with Crippen molar-refractivity contribution >= 4 is 16.7 Å². The zero-order chi connectivity index (χ0) is 18.3. The second-order valence-electron chi connectivity index (χ2n) is 5.76. The maximum atomic E-state index is 12.1. The number of hydrogen-bond acceptors (Lipinski definition) is 5. The molecule has 0 unspecified atom stereocenters. The minimum Gasteiger partial charge on any atom is -0.367 e. The Bertz CT molecular complexity index is 1070. The molecule has 0 atom stereocenters. The number of hydrogen-bond donors (Lipinski definition) is 0. The molecule has 3 aromatic heterocycles. The highest BCUT2D eigenvalue weighted by Crippen LogP contribution is 2.21. The monoisotopic (exact) mass is 362 g/mol. The lowest BCUT2D eigenvalue weighted by atomic mass is 10.1. The van der Waals surface area contributed by atoms with E-state index >= 15 is 0 Å². The summed E-state index contributed by atoms with van der Waals surface area (Å²) in [5, 5.41) is 9.34. The number of aromatic nitrogens is 6. The maximum absolute atomic E-state index is 12.1. The molecule has 7 nitrogen and oxygen atoms in total. The molecule has 1 aromatic carbocycles. The highest BCUT2D eigenvalue weighted by atomic mass is 19.4. The first-order chi connectivity index (χ1) is 12.4. The molecule has 10 heteroatoms. The number of nitrogens with zero attached hydrogens (tertiary/aromatic N) is 6. The lowest BCUT2D eigenvalue weighted by Crippen LogP contribution is -2.16. The van der Waals surface area contributed by atoms with E-state index in [1.54, 1.807) is 53.0 Å². The van der Waals surface area contributed by atoms with Crippen molar-refractivity contribution in [1.82, 2.24) is 29.4 Å². The molecule has 0 aliphatic heterocycles. The summed E-state index contributed by atoms with van der Waals surface area (Å²) >= 11 is 0. The number of alkyl halides is 3. The van der Waals surface area contributed by atoms with Crippen LogP contribution in [0.1, 0.15) is 5.56 Å². The predicted octanol–water partition coefficient (Wildman–Crippen LogP) is 2.76. The van der Waals surface area contributed by atoms with Gasteiger partial charge in [-0.25, -0.2) is 14.5 Å². The molecule has 0 fully saturated rings. The maximum Gasteiger partial charge on any atom is 0.411 e.